The minimum atomic E-state index is -0.963. The lowest BCUT2D eigenvalue weighted by Gasteiger charge is -2.10. The average molecular weight is 251 g/mol. The highest BCUT2D eigenvalue weighted by Crippen LogP contribution is 2.19. The van der Waals surface area contributed by atoms with Gasteiger partial charge in [0.15, 0.2) is 5.78 Å². The summed E-state index contributed by atoms with van der Waals surface area (Å²) in [6.07, 6.45) is 8.29. The molecule has 0 aromatic rings. The van der Waals surface area contributed by atoms with Gasteiger partial charge < -0.3 is 10.4 Å². The van der Waals surface area contributed by atoms with Crippen LogP contribution in [0.3, 0.4) is 0 Å². The number of amides is 1. The molecule has 0 fully saturated rings. The fraction of sp³-hybridized carbons (Fsp3) is 0.571. The summed E-state index contributed by atoms with van der Waals surface area (Å²) in [7, 11) is 0. The molecule has 0 unspecified atom stereocenters. The normalized spacial score (nSPS) is 15.1. The number of nitrogens with one attached hydrogen (secondary N) is 1. The molecule has 0 aliphatic heterocycles. The lowest BCUT2D eigenvalue weighted by Crippen LogP contribution is -2.21. The lowest BCUT2D eigenvalue weighted by molar-refractivity contribution is -0.115. The van der Waals surface area contributed by atoms with E-state index in [1.165, 1.54) is 0 Å². The van der Waals surface area contributed by atoms with Crippen molar-refractivity contribution in [2.24, 2.45) is 0 Å². The molecule has 0 radical (unpaired) electrons. The van der Waals surface area contributed by atoms with Crippen molar-refractivity contribution >= 4 is 11.9 Å². The molecule has 0 saturated carbocycles. The number of carbonyl (C=O) groups excluding carboxylic acids is 1. The lowest BCUT2D eigenvalue weighted by atomic mass is 9.94. The molecule has 1 amide bonds. The quantitative estimate of drug-likeness (QED) is 0.683. The first kappa shape index (κ1) is 14.5. The standard InChI is InChI=1S/C14H21NO3/c1-11-7-8-12(13(16)10-11)6-4-2-3-5-9-15-14(17)18/h7-8,15H,2-6,9-10H2,1H3,(H,17,18). The highest BCUT2D eigenvalue weighted by molar-refractivity contribution is 5.98. The maximum Gasteiger partial charge on any atom is 0.404 e. The number of hydrogen-bond acceptors (Lipinski definition) is 2. The van der Waals surface area contributed by atoms with Crippen LogP contribution in [-0.4, -0.2) is 23.5 Å². The van der Waals surface area contributed by atoms with E-state index in [0.29, 0.717) is 13.0 Å². The van der Waals surface area contributed by atoms with Gasteiger partial charge >= 0.3 is 6.09 Å². The van der Waals surface area contributed by atoms with E-state index in [4.69, 9.17) is 5.11 Å². The Morgan fingerprint density at radius 1 is 1.28 bits per heavy atom. The first-order chi connectivity index (χ1) is 8.59. The van der Waals surface area contributed by atoms with Crippen LogP contribution in [0.2, 0.25) is 0 Å². The number of ketones is 1. The van der Waals surface area contributed by atoms with E-state index in [9.17, 15) is 9.59 Å². The molecule has 0 saturated heterocycles. The van der Waals surface area contributed by atoms with Gasteiger partial charge in [0.25, 0.3) is 0 Å². The van der Waals surface area contributed by atoms with Crippen molar-refractivity contribution in [1.82, 2.24) is 5.32 Å². The van der Waals surface area contributed by atoms with Crippen molar-refractivity contribution in [2.45, 2.75) is 45.4 Å². The van der Waals surface area contributed by atoms with E-state index >= 15 is 0 Å². The Bertz CT molecular complexity index is 369. The molecule has 2 N–H and O–H groups in total. The second kappa shape index (κ2) is 7.69. The summed E-state index contributed by atoms with van der Waals surface area (Å²) in [4.78, 5) is 21.9. The number of hydrogen-bond donors (Lipinski definition) is 2. The van der Waals surface area contributed by atoms with Crippen molar-refractivity contribution in [1.29, 1.82) is 0 Å². The van der Waals surface area contributed by atoms with Gasteiger partial charge in [-0.05, 0) is 31.8 Å². The van der Waals surface area contributed by atoms with Crippen molar-refractivity contribution in [3.63, 3.8) is 0 Å². The van der Waals surface area contributed by atoms with Crippen molar-refractivity contribution in [3.8, 4) is 0 Å². The summed E-state index contributed by atoms with van der Waals surface area (Å²) in [6, 6.07) is 0. The summed E-state index contributed by atoms with van der Waals surface area (Å²) in [6.45, 7) is 2.49. The average Bonchev–Trinajstić information content (AvgIpc) is 2.30. The van der Waals surface area contributed by atoms with Gasteiger partial charge in [-0.1, -0.05) is 30.6 Å². The smallest absolute Gasteiger partial charge is 0.404 e. The van der Waals surface area contributed by atoms with E-state index in [1.807, 2.05) is 19.1 Å². The Morgan fingerprint density at radius 3 is 2.67 bits per heavy atom. The SMILES string of the molecule is CC1=CC=C(CCCCCCNC(=O)O)C(=O)C1. The number of Topliss-reactive ketones (excluding diaryl/α,β-unsaturated/α-hetero) is 1. The molecule has 0 spiro atoms. The van der Waals surface area contributed by atoms with Gasteiger partial charge in [-0.15, -0.1) is 0 Å². The number of carbonyl (C=O) groups is 2. The van der Waals surface area contributed by atoms with Gasteiger partial charge in [-0.3, -0.25) is 4.79 Å². The number of rotatable bonds is 7. The number of carboxylic acid groups (broad SMARTS) is 1. The molecule has 1 aliphatic rings. The van der Waals surface area contributed by atoms with Crippen molar-refractivity contribution in [2.75, 3.05) is 6.54 Å². The van der Waals surface area contributed by atoms with Gasteiger partial charge in [0.2, 0.25) is 0 Å². The van der Waals surface area contributed by atoms with Crippen LogP contribution in [-0.2, 0) is 4.79 Å². The molecule has 18 heavy (non-hydrogen) atoms. The highest BCUT2D eigenvalue weighted by atomic mass is 16.4. The van der Waals surface area contributed by atoms with E-state index in [2.05, 4.69) is 5.32 Å². The van der Waals surface area contributed by atoms with E-state index < -0.39 is 6.09 Å². The van der Waals surface area contributed by atoms with Crippen LogP contribution in [0.25, 0.3) is 0 Å². The third-order valence-corrected chi connectivity index (χ3v) is 3.02. The molecule has 0 heterocycles. The molecule has 4 nitrogen and oxygen atoms in total. The summed E-state index contributed by atoms with van der Waals surface area (Å²) in [5.74, 6) is 0.252. The Labute approximate surface area is 108 Å². The molecule has 0 aromatic carbocycles. The summed E-state index contributed by atoms with van der Waals surface area (Å²) in [5.41, 5.74) is 2.06. The van der Waals surface area contributed by atoms with Crippen LogP contribution in [0.1, 0.15) is 45.4 Å². The molecule has 4 heteroatoms. The van der Waals surface area contributed by atoms with Crippen molar-refractivity contribution < 1.29 is 14.7 Å². The van der Waals surface area contributed by atoms with Gasteiger partial charge in [-0.2, -0.15) is 0 Å². The minimum absolute atomic E-state index is 0.252. The van der Waals surface area contributed by atoms with Crippen LogP contribution >= 0.6 is 0 Å². The monoisotopic (exact) mass is 251 g/mol. The third kappa shape index (κ3) is 5.66. The Hall–Kier alpha value is -1.58. The maximum absolute atomic E-state index is 11.7. The predicted octanol–water partition coefficient (Wildman–Crippen LogP) is 3.05. The fourth-order valence-corrected chi connectivity index (χ4v) is 1.97. The highest BCUT2D eigenvalue weighted by Gasteiger charge is 2.12. The number of allylic oxidation sites excluding steroid dienone is 4. The molecular weight excluding hydrogens is 230 g/mol. The van der Waals surface area contributed by atoms with Gasteiger partial charge in [0, 0.05) is 13.0 Å². The first-order valence-corrected chi connectivity index (χ1v) is 6.46. The van der Waals surface area contributed by atoms with Crippen LogP contribution < -0.4 is 5.32 Å². The Balaban J connectivity index is 2.08. The summed E-state index contributed by atoms with van der Waals surface area (Å²) < 4.78 is 0. The zero-order valence-electron chi connectivity index (χ0n) is 10.9. The molecule has 0 atom stereocenters. The molecule has 100 valence electrons. The molecule has 1 aliphatic carbocycles. The third-order valence-electron chi connectivity index (χ3n) is 3.02. The van der Waals surface area contributed by atoms with Crippen LogP contribution in [0.4, 0.5) is 4.79 Å². The van der Waals surface area contributed by atoms with Crippen LogP contribution in [0.5, 0.6) is 0 Å². The Kier molecular flexibility index (Phi) is 6.19. The van der Waals surface area contributed by atoms with Crippen LogP contribution in [0, 0.1) is 0 Å². The van der Waals surface area contributed by atoms with E-state index in [0.717, 1.165) is 43.3 Å². The summed E-state index contributed by atoms with van der Waals surface area (Å²) in [5, 5.41) is 10.7. The fourth-order valence-electron chi connectivity index (χ4n) is 1.97. The second-order valence-electron chi connectivity index (χ2n) is 4.70. The minimum Gasteiger partial charge on any atom is -0.465 e. The molecule has 0 bridgehead atoms. The first-order valence-electron chi connectivity index (χ1n) is 6.46. The number of unbranched alkanes of at least 4 members (excludes halogenated alkanes) is 3. The molecular formula is C14H21NO3. The summed E-state index contributed by atoms with van der Waals surface area (Å²) >= 11 is 0. The zero-order valence-corrected chi connectivity index (χ0v) is 10.9. The molecule has 0 aromatic heterocycles. The predicted molar refractivity (Wildman–Crippen MR) is 70.6 cm³/mol. The van der Waals surface area contributed by atoms with E-state index in [1.54, 1.807) is 0 Å². The Morgan fingerprint density at radius 2 is 2.00 bits per heavy atom. The van der Waals surface area contributed by atoms with Gasteiger partial charge in [0.05, 0.1) is 0 Å². The topological polar surface area (TPSA) is 66.4 Å². The van der Waals surface area contributed by atoms with Gasteiger partial charge in [0.1, 0.15) is 0 Å². The second-order valence-corrected chi connectivity index (χ2v) is 4.70. The zero-order chi connectivity index (χ0) is 13.4. The van der Waals surface area contributed by atoms with Gasteiger partial charge in [-0.25, -0.2) is 4.79 Å². The van der Waals surface area contributed by atoms with Crippen molar-refractivity contribution in [3.05, 3.63) is 23.3 Å². The molecule has 1 rings (SSSR count). The van der Waals surface area contributed by atoms with E-state index in [-0.39, 0.29) is 5.78 Å². The largest absolute Gasteiger partial charge is 0.465 e. The van der Waals surface area contributed by atoms with Crippen LogP contribution in [0.15, 0.2) is 23.3 Å². The maximum atomic E-state index is 11.7.